The van der Waals surface area contributed by atoms with Gasteiger partial charge in [0.25, 0.3) is 0 Å². The van der Waals surface area contributed by atoms with Crippen molar-refractivity contribution in [3.63, 3.8) is 0 Å². The summed E-state index contributed by atoms with van der Waals surface area (Å²) in [6.45, 7) is 3.86. The molecule has 1 heterocycles. The van der Waals surface area contributed by atoms with Crippen molar-refractivity contribution in [2.45, 2.75) is 19.8 Å². The SMILES string of the molecule is CC(=O)c1ccc(N(C)CC2CCOCC2)c(F)c1. The molecule has 1 fully saturated rings. The molecule has 1 aliphatic heterocycles. The fourth-order valence-corrected chi connectivity index (χ4v) is 2.45. The predicted octanol–water partition coefficient (Wildman–Crippen LogP) is 2.89. The van der Waals surface area contributed by atoms with Crippen molar-refractivity contribution in [2.24, 2.45) is 5.92 Å². The molecule has 0 spiro atoms. The first kappa shape index (κ1) is 14.0. The maximum absolute atomic E-state index is 14.0. The normalized spacial score (nSPS) is 16.4. The molecule has 0 atom stereocenters. The Morgan fingerprint density at radius 2 is 2.11 bits per heavy atom. The molecule has 0 radical (unpaired) electrons. The van der Waals surface area contributed by atoms with E-state index in [1.54, 1.807) is 12.1 Å². The van der Waals surface area contributed by atoms with Gasteiger partial charge in [-0.2, -0.15) is 0 Å². The minimum absolute atomic E-state index is 0.113. The van der Waals surface area contributed by atoms with Gasteiger partial charge in [0.15, 0.2) is 5.78 Å². The van der Waals surface area contributed by atoms with Crippen LogP contribution < -0.4 is 4.90 Å². The Bertz CT molecular complexity index is 455. The number of halogens is 1. The van der Waals surface area contributed by atoms with Gasteiger partial charge < -0.3 is 9.64 Å². The topological polar surface area (TPSA) is 29.5 Å². The summed E-state index contributed by atoms with van der Waals surface area (Å²) in [4.78, 5) is 13.1. The first-order valence-corrected chi connectivity index (χ1v) is 6.67. The molecule has 104 valence electrons. The van der Waals surface area contributed by atoms with Crippen molar-refractivity contribution in [1.82, 2.24) is 0 Å². The molecule has 3 nitrogen and oxygen atoms in total. The van der Waals surface area contributed by atoms with Crippen LogP contribution in [-0.4, -0.2) is 32.6 Å². The van der Waals surface area contributed by atoms with Crippen molar-refractivity contribution < 1.29 is 13.9 Å². The third-order valence-electron chi connectivity index (χ3n) is 3.64. The molecule has 0 amide bonds. The van der Waals surface area contributed by atoms with Crippen LogP contribution in [0.1, 0.15) is 30.1 Å². The van der Waals surface area contributed by atoms with E-state index in [0.717, 1.165) is 32.6 Å². The van der Waals surface area contributed by atoms with Gasteiger partial charge >= 0.3 is 0 Å². The first-order chi connectivity index (χ1) is 9.08. The molecule has 0 aromatic heterocycles. The predicted molar refractivity (Wildman–Crippen MR) is 73.2 cm³/mol. The van der Waals surface area contributed by atoms with E-state index in [1.807, 2.05) is 11.9 Å². The fourth-order valence-electron chi connectivity index (χ4n) is 2.45. The van der Waals surface area contributed by atoms with E-state index in [-0.39, 0.29) is 11.6 Å². The van der Waals surface area contributed by atoms with Crippen molar-refractivity contribution in [2.75, 3.05) is 31.7 Å². The fraction of sp³-hybridized carbons (Fsp3) is 0.533. The molecule has 0 unspecified atom stereocenters. The molecular formula is C15H20FNO2. The van der Waals surface area contributed by atoms with E-state index >= 15 is 0 Å². The summed E-state index contributed by atoms with van der Waals surface area (Å²) < 4.78 is 19.3. The van der Waals surface area contributed by atoms with Crippen LogP contribution in [0.15, 0.2) is 18.2 Å². The third-order valence-corrected chi connectivity index (χ3v) is 3.64. The van der Waals surface area contributed by atoms with Gasteiger partial charge in [-0.25, -0.2) is 4.39 Å². The smallest absolute Gasteiger partial charge is 0.159 e. The first-order valence-electron chi connectivity index (χ1n) is 6.67. The lowest BCUT2D eigenvalue weighted by atomic mass is 9.99. The number of Topliss-reactive ketones (excluding diaryl/α,β-unsaturated/α-hetero) is 1. The van der Waals surface area contributed by atoms with Crippen LogP contribution in [0.3, 0.4) is 0 Å². The molecular weight excluding hydrogens is 245 g/mol. The number of ketones is 1. The Balaban J connectivity index is 2.05. The molecule has 2 rings (SSSR count). The van der Waals surface area contributed by atoms with E-state index in [9.17, 15) is 9.18 Å². The second-order valence-corrected chi connectivity index (χ2v) is 5.16. The van der Waals surface area contributed by atoms with Gasteiger partial charge in [-0.3, -0.25) is 4.79 Å². The van der Waals surface area contributed by atoms with Gasteiger partial charge in [-0.1, -0.05) is 0 Å². The van der Waals surface area contributed by atoms with Crippen molar-refractivity contribution >= 4 is 11.5 Å². The Morgan fingerprint density at radius 1 is 1.42 bits per heavy atom. The van der Waals surface area contributed by atoms with E-state index < -0.39 is 0 Å². The summed E-state index contributed by atoms with van der Waals surface area (Å²) in [6.07, 6.45) is 2.05. The minimum atomic E-state index is -0.331. The Kier molecular flexibility index (Phi) is 4.53. The summed E-state index contributed by atoms with van der Waals surface area (Å²) in [5.41, 5.74) is 0.970. The van der Waals surface area contributed by atoms with E-state index in [0.29, 0.717) is 17.2 Å². The molecule has 4 heteroatoms. The number of hydrogen-bond acceptors (Lipinski definition) is 3. The molecule has 1 aliphatic rings. The number of carbonyl (C=O) groups is 1. The largest absolute Gasteiger partial charge is 0.381 e. The number of ether oxygens (including phenoxy) is 1. The van der Waals surface area contributed by atoms with Crippen LogP contribution in [0.5, 0.6) is 0 Å². The zero-order valence-corrected chi connectivity index (χ0v) is 11.5. The second kappa shape index (κ2) is 6.15. The quantitative estimate of drug-likeness (QED) is 0.784. The Hall–Kier alpha value is -1.42. The Labute approximate surface area is 113 Å². The number of anilines is 1. The maximum atomic E-state index is 14.0. The van der Waals surface area contributed by atoms with Gasteiger partial charge in [0.2, 0.25) is 0 Å². The third kappa shape index (κ3) is 3.53. The van der Waals surface area contributed by atoms with Crippen molar-refractivity contribution in [3.05, 3.63) is 29.6 Å². The van der Waals surface area contributed by atoms with Gasteiger partial charge in [0.1, 0.15) is 5.82 Å². The van der Waals surface area contributed by atoms with E-state index in [1.165, 1.54) is 13.0 Å². The summed E-state index contributed by atoms with van der Waals surface area (Å²) in [5, 5.41) is 0. The molecule has 1 aromatic carbocycles. The zero-order valence-electron chi connectivity index (χ0n) is 11.5. The summed E-state index contributed by atoms with van der Waals surface area (Å²) in [6, 6.07) is 4.69. The zero-order chi connectivity index (χ0) is 13.8. The molecule has 0 aliphatic carbocycles. The molecule has 0 bridgehead atoms. The highest BCUT2D eigenvalue weighted by Crippen LogP contribution is 2.23. The molecule has 19 heavy (non-hydrogen) atoms. The second-order valence-electron chi connectivity index (χ2n) is 5.16. The molecule has 1 aromatic rings. The Morgan fingerprint density at radius 3 is 2.68 bits per heavy atom. The van der Waals surface area contributed by atoms with Crippen molar-refractivity contribution in [1.29, 1.82) is 0 Å². The monoisotopic (exact) mass is 265 g/mol. The number of hydrogen-bond donors (Lipinski definition) is 0. The van der Waals surface area contributed by atoms with Crippen LogP contribution in [0, 0.1) is 11.7 Å². The average molecular weight is 265 g/mol. The van der Waals surface area contributed by atoms with Crippen LogP contribution in [-0.2, 0) is 4.74 Å². The van der Waals surface area contributed by atoms with Gasteiger partial charge in [-0.05, 0) is 43.9 Å². The summed E-state index contributed by atoms with van der Waals surface area (Å²) >= 11 is 0. The van der Waals surface area contributed by atoms with Crippen molar-refractivity contribution in [3.8, 4) is 0 Å². The van der Waals surface area contributed by atoms with Gasteiger partial charge in [-0.15, -0.1) is 0 Å². The molecule has 1 saturated heterocycles. The van der Waals surface area contributed by atoms with Gasteiger partial charge in [0, 0.05) is 32.4 Å². The lowest BCUT2D eigenvalue weighted by molar-refractivity contribution is 0.0685. The molecule has 0 N–H and O–H groups in total. The number of carbonyl (C=O) groups excluding carboxylic acids is 1. The number of rotatable bonds is 4. The highest BCUT2D eigenvalue weighted by atomic mass is 19.1. The highest BCUT2D eigenvalue weighted by Gasteiger charge is 2.18. The van der Waals surface area contributed by atoms with E-state index in [2.05, 4.69) is 0 Å². The standard InChI is InChI=1S/C15H20FNO2/c1-11(18)13-3-4-15(14(16)9-13)17(2)10-12-5-7-19-8-6-12/h3-4,9,12H,5-8,10H2,1-2H3. The van der Waals surface area contributed by atoms with Crippen LogP contribution in [0.25, 0.3) is 0 Å². The lowest BCUT2D eigenvalue weighted by Crippen LogP contribution is -2.30. The summed E-state index contributed by atoms with van der Waals surface area (Å²) in [5.74, 6) is 0.102. The summed E-state index contributed by atoms with van der Waals surface area (Å²) in [7, 11) is 1.89. The van der Waals surface area contributed by atoms with Gasteiger partial charge in [0.05, 0.1) is 5.69 Å². The number of nitrogens with zero attached hydrogens (tertiary/aromatic N) is 1. The van der Waals surface area contributed by atoms with Crippen LogP contribution in [0.2, 0.25) is 0 Å². The van der Waals surface area contributed by atoms with Crippen LogP contribution in [0.4, 0.5) is 10.1 Å². The maximum Gasteiger partial charge on any atom is 0.159 e. The highest BCUT2D eigenvalue weighted by molar-refractivity contribution is 5.94. The van der Waals surface area contributed by atoms with Crippen LogP contribution >= 0.6 is 0 Å². The average Bonchev–Trinajstić information content (AvgIpc) is 2.39. The van der Waals surface area contributed by atoms with E-state index in [4.69, 9.17) is 4.74 Å². The minimum Gasteiger partial charge on any atom is -0.381 e. The number of benzene rings is 1. The molecule has 0 saturated carbocycles. The lowest BCUT2D eigenvalue weighted by Gasteiger charge is -2.28.